The Hall–Kier alpha value is -5.44. The van der Waals surface area contributed by atoms with Gasteiger partial charge < -0.3 is 14.7 Å². The molecule has 7 aromatic rings. The Bertz CT molecular complexity index is 2580. The van der Waals surface area contributed by atoms with Gasteiger partial charge in [0, 0.05) is 55.5 Å². The summed E-state index contributed by atoms with van der Waals surface area (Å²) in [5, 5.41) is 3.61. The van der Waals surface area contributed by atoms with E-state index in [1.54, 1.807) is 0 Å². The third-order valence-corrected chi connectivity index (χ3v) is 9.12. The van der Waals surface area contributed by atoms with Gasteiger partial charge in [0.05, 0.1) is 5.39 Å². The maximum absolute atomic E-state index is 6.78. The van der Waals surface area contributed by atoms with Crippen molar-refractivity contribution in [2.24, 2.45) is 11.8 Å². The summed E-state index contributed by atoms with van der Waals surface area (Å²) in [5.74, 6) is 3.66. The van der Waals surface area contributed by atoms with Gasteiger partial charge in [0.1, 0.15) is 34.4 Å². The molecule has 0 atom stereocenters. The maximum atomic E-state index is 6.78. The largest absolute Gasteiger partial charge is 0.489 e. The van der Waals surface area contributed by atoms with E-state index >= 15 is 0 Å². The Kier molecular flexibility index (Phi) is 7.50. The van der Waals surface area contributed by atoms with E-state index in [2.05, 4.69) is 37.7 Å². The molecule has 245 valence electrons. The van der Waals surface area contributed by atoms with Gasteiger partial charge >= 0.3 is 0 Å². The average molecular weight is 692 g/mol. The molecule has 9 rings (SSSR count). The number of H-pyrrole nitrogens is 2. The fraction of sp³-hybridized carbons (Fsp3) is 0.179. The van der Waals surface area contributed by atoms with E-state index in [-0.39, 0.29) is 23.2 Å². The topological polar surface area (TPSA) is 118 Å². The monoisotopic (exact) mass is 691 g/mol. The third-order valence-electron chi connectivity index (χ3n) is 9.12. The molecule has 2 aliphatic heterocycles. The first-order valence-electron chi connectivity index (χ1n) is 16.3. The van der Waals surface area contributed by atoms with E-state index in [0.29, 0.717) is 57.7 Å². The summed E-state index contributed by atoms with van der Waals surface area (Å²) in [6, 6.07) is 30.3. The summed E-state index contributed by atoms with van der Waals surface area (Å²) in [6.45, 7) is 8.76. The number of rotatable bonds is 4. The van der Waals surface area contributed by atoms with Crippen LogP contribution < -0.4 is 4.74 Å². The van der Waals surface area contributed by atoms with Gasteiger partial charge in [-0.25, -0.2) is 29.9 Å². The molecule has 2 N–H and O–H groups in total. The summed E-state index contributed by atoms with van der Waals surface area (Å²) in [7, 11) is 0. The molecule has 4 aromatic carbocycles. The van der Waals surface area contributed by atoms with Crippen LogP contribution in [0.3, 0.4) is 0 Å². The normalized spacial score (nSPS) is 12.1. The number of benzene rings is 4. The number of nitrogens with one attached hydrogen (secondary N) is 2. The van der Waals surface area contributed by atoms with Crippen molar-refractivity contribution >= 4 is 44.1 Å². The Balaban J connectivity index is 0.00000348. The van der Waals surface area contributed by atoms with Crippen LogP contribution in [0.2, 0.25) is 0 Å². The minimum absolute atomic E-state index is 0. The van der Waals surface area contributed by atoms with Crippen LogP contribution in [-0.2, 0) is 17.1 Å². The van der Waals surface area contributed by atoms with Gasteiger partial charge in [0.15, 0.2) is 23.3 Å². The molecule has 0 fully saturated rings. The first-order valence-corrected chi connectivity index (χ1v) is 16.3. The minimum atomic E-state index is 0. The first kappa shape index (κ1) is 30.9. The van der Waals surface area contributed by atoms with Gasteiger partial charge in [-0.3, -0.25) is 0 Å². The van der Waals surface area contributed by atoms with Crippen molar-refractivity contribution < 1.29 is 21.8 Å². The Morgan fingerprint density at radius 3 is 1.31 bits per heavy atom. The standard InChI is InChI=1S/C39H32N8O.Cu/c1-20(2)31(21(3)4)48-29-19-11-18-28-30(29)39-46-37-27-17-10-9-16-26(27)35(44-37)42-33-23-13-6-5-12-22(23)32(40-33)41-34-24-14-7-8-15-25(24)36(43-34)45-38(28)47-39;/h5-21,31H,1-4H3,(H2,40,41,42,43,44,45,46,47);. The number of hydrogen-bond donors (Lipinski definition) is 2. The number of aromatic nitrogens is 8. The molecular formula is C39H32CuN8O. The third kappa shape index (κ3) is 5.07. The predicted octanol–water partition coefficient (Wildman–Crippen LogP) is 8.93. The molecular weight excluding hydrogens is 660 g/mol. The number of ether oxygens (including phenoxy) is 1. The second-order valence-corrected chi connectivity index (χ2v) is 13.0. The van der Waals surface area contributed by atoms with Gasteiger partial charge in [-0.05, 0) is 17.9 Å². The first-order chi connectivity index (χ1) is 23.4. The number of hydrogen-bond acceptors (Lipinski definition) is 7. The van der Waals surface area contributed by atoms with Crippen molar-refractivity contribution in [2.45, 2.75) is 33.8 Å². The Morgan fingerprint density at radius 2 is 0.837 bits per heavy atom. The van der Waals surface area contributed by atoms with Crippen molar-refractivity contribution in [1.82, 2.24) is 39.9 Å². The van der Waals surface area contributed by atoms with Crippen molar-refractivity contribution in [1.29, 1.82) is 0 Å². The summed E-state index contributed by atoms with van der Waals surface area (Å²) in [6.07, 6.45) is 0.00816. The van der Waals surface area contributed by atoms with Crippen LogP contribution in [0.5, 0.6) is 5.75 Å². The fourth-order valence-electron chi connectivity index (χ4n) is 6.95. The summed E-state index contributed by atoms with van der Waals surface area (Å²) in [5.41, 5.74) is 6.21. The molecule has 0 aliphatic carbocycles. The molecule has 0 amide bonds. The molecule has 0 unspecified atom stereocenters. The van der Waals surface area contributed by atoms with Crippen molar-refractivity contribution in [2.75, 3.05) is 0 Å². The number of fused-ring (bicyclic) bond motifs is 20. The van der Waals surface area contributed by atoms with Gasteiger partial charge in [-0.2, -0.15) is 0 Å². The predicted molar refractivity (Wildman–Crippen MR) is 190 cm³/mol. The quantitative estimate of drug-likeness (QED) is 0.177. The molecule has 1 radical (unpaired) electrons. The SMILES string of the molecule is CC(C)C(Oc1cccc2c3nc4nc(nc5[nH]c(nc6nc(nc([nH]3)c12)-c1ccccc1-6)c1ccccc51)-c1ccccc1-4)C(C)C.[Cu]. The number of aromatic amines is 2. The molecule has 0 spiro atoms. The van der Waals surface area contributed by atoms with E-state index < -0.39 is 0 Å². The molecule has 3 aromatic heterocycles. The van der Waals surface area contributed by atoms with E-state index in [1.165, 1.54) is 0 Å². The maximum Gasteiger partial charge on any atom is 0.164 e. The zero-order valence-corrected chi connectivity index (χ0v) is 28.2. The molecule has 0 saturated heterocycles. The molecule has 8 bridgehead atoms. The minimum Gasteiger partial charge on any atom is -0.489 e. The summed E-state index contributed by atoms with van der Waals surface area (Å²) in [4.78, 5) is 37.5. The van der Waals surface area contributed by atoms with Crippen molar-refractivity contribution in [3.8, 4) is 51.3 Å². The van der Waals surface area contributed by atoms with Crippen molar-refractivity contribution in [3.63, 3.8) is 0 Å². The second kappa shape index (κ2) is 11.9. The fourth-order valence-corrected chi connectivity index (χ4v) is 6.95. The summed E-state index contributed by atoms with van der Waals surface area (Å²) >= 11 is 0. The van der Waals surface area contributed by atoms with Crippen LogP contribution in [0.4, 0.5) is 0 Å². The van der Waals surface area contributed by atoms with E-state index in [9.17, 15) is 0 Å². The molecule has 0 saturated carbocycles. The second-order valence-electron chi connectivity index (χ2n) is 13.0. The zero-order valence-electron chi connectivity index (χ0n) is 27.3. The molecule has 10 heteroatoms. The average Bonchev–Trinajstić information content (AvgIpc) is 3.83. The van der Waals surface area contributed by atoms with Crippen LogP contribution in [0.15, 0.2) is 91.0 Å². The molecule has 49 heavy (non-hydrogen) atoms. The van der Waals surface area contributed by atoms with Crippen molar-refractivity contribution in [3.05, 3.63) is 91.0 Å². The van der Waals surface area contributed by atoms with Gasteiger partial charge in [-0.15, -0.1) is 0 Å². The molecule has 5 heterocycles. The van der Waals surface area contributed by atoms with E-state index in [1.807, 2.05) is 91.0 Å². The summed E-state index contributed by atoms with van der Waals surface area (Å²) < 4.78 is 6.78. The van der Waals surface area contributed by atoms with Gasteiger partial charge in [-0.1, -0.05) is 113 Å². The van der Waals surface area contributed by atoms with Gasteiger partial charge in [0.2, 0.25) is 0 Å². The van der Waals surface area contributed by atoms with Crippen LogP contribution in [0.1, 0.15) is 27.7 Å². The van der Waals surface area contributed by atoms with Crippen LogP contribution in [-0.4, -0.2) is 46.0 Å². The molecule has 2 aliphatic rings. The Labute approximate surface area is 292 Å². The van der Waals surface area contributed by atoms with Crippen LogP contribution in [0.25, 0.3) is 89.7 Å². The van der Waals surface area contributed by atoms with Gasteiger partial charge in [0.25, 0.3) is 0 Å². The molecule has 9 nitrogen and oxygen atoms in total. The van der Waals surface area contributed by atoms with E-state index in [4.69, 9.17) is 34.6 Å². The van der Waals surface area contributed by atoms with Crippen LogP contribution >= 0.6 is 0 Å². The smallest absolute Gasteiger partial charge is 0.164 e. The van der Waals surface area contributed by atoms with Crippen LogP contribution in [0, 0.1) is 11.8 Å². The van der Waals surface area contributed by atoms with E-state index in [0.717, 1.165) is 49.5 Å². The Morgan fingerprint density at radius 1 is 0.449 bits per heavy atom. The zero-order chi connectivity index (χ0) is 32.5. The number of nitrogens with zero attached hydrogens (tertiary/aromatic N) is 6.